The molecule has 14 heteroatoms. The van der Waals surface area contributed by atoms with E-state index in [9.17, 15) is 31.1 Å². The Bertz CT molecular complexity index is 1190. The van der Waals surface area contributed by atoms with Gasteiger partial charge in [-0.1, -0.05) is 0 Å². The van der Waals surface area contributed by atoms with Crippen LogP contribution in [-0.2, 0) is 55.9 Å². The molecule has 2 heterocycles. The number of nitrogens with zero attached hydrogens (tertiary/aromatic N) is 5. The van der Waals surface area contributed by atoms with Crippen LogP contribution in [0, 0.1) is 0 Å². The SMILES string of the molecule is CC(C)(C)N(CCn1nc(C(F)(F)F)c2c1CCCC2)C(=O)OC(N)Cn1nc(C(F)(F)F)c2c1CCCC2. The summed E-state index contributed by atoms with van der Waals surface area (Å²) in [6.45, 7) is 4.96. The lowest BCUT2D eigenvalue weighted by molar-refractivity contribution is -0.143. The van der Waals surface area contributed by atoms with Gasteiger partial charge in [-0.05, 0) is 72.1 Å². The van der Waals surface area contributed by atoms with Gasteiger partial charge in [0.2, 0.25) is 0 Å². The Hall–Kier alpha value is -2.77. The second-order valence-electron chi connectivity index (χ2n) is 11.1. The lowest BCUT2D eigenvalue weighted by Crippen LogP contribution is -2.49. The Labute approximate surface area is 222 Å². The first-order valence-corrected chi connectivity index (χ1v) is 13.1. The standard InChI is InChI=1S/C25H34F6N6O2/c1-23(2,3)35(12-13-36-17-10-6-4-8-15(17)20(33-36)24(26,27)28)22(38)39-19(32)14-37-18-11-7-5-9-16(18)21(34-37)25(29,30)31/h19H,4-14,32H2,1-3H3. The molecule has 2 N–H and O–H groups in total. The van der Waals surface area contributed by atoms with Gasteiger partial charge in [0.25, 0.3) is 0 Å². The van der Waals surface area contributed by atoms with Crippen molar-refractivity contribution in [1.82, 2.24) is 24.5 Å². The minimum Gasteiger partial charge on any atom is -0.428 e. The summed E-state index contributed by atoms with van der Waals surface area (Å²) < 4.78 is 89.1. The summed E-state index contributed by atoms with van der Waals surface area (Å²) >= 11 is 0. The minimum absolute atomic E-state index is 0.00411. The number of ether oxygens (including phenoxy) is 1. The van der Waals surface area contributed by atoms with Crippen molar-refractivity contribution in [3.8, 4) is 0 Å². The monoisotopic (exact) mass is 564 g/mol. The van der Waals surface area contributed by atoms with E-state index in [1.165, 1.54) is 14.3 Å². The Morgan fingerprint density at radius 2 is 1.33 bits per heavy atom. The first kappa shape index (κ1) is 29.2. The van der Waals surface area contributed by atoms with Crippen LogP contribution in [0.4, 0.5) is 31.1 Å². The van der Waals surface area contributed by atoms with Crippen LogP contribution in [0.2, 0.25) is 0 Å². The zero-order chi connectivity index (χ0) is 28.8. The highest BCUT2D eigenvalue weighted by Crippen LogP contribution is 2.37. The molecule has 1 atom stereocenters. The van der Waals surface area contributed by atoms with Gasteiger partial charge >= 0.3 is 18.4 Å². The topological polar surface area (TPSA) is 91.2 Å². The molecule has 0 aliphatic heterocycles. The molecule has 0 saturated heterocycles. The van der Waals surface area contributed by atoms with Crippen molar-refractivity contribution in [1.29, 1.82) is 0 Å². The molecule has 2 aromatic rings. The van der Waals surface area contributed by atoms with Crippen LogP contribution in [0.1, 0.15) is 80.4 Å². The van der Waals surface area contributed by atoms with Crippen molar-refractivity contribution in [2.45, 2.75) is 109 Å². The maximum absolute atomic E-state index is 13.6. The molecular weight excluding hydrogens is 530 g/mol. The highest BCUT2D eigenvalue weighted by atomic mass is 19.4. The smallest absolute Gasteiger partial charge is 0.428 e. The van der Waals surface area contributed by atoms with Crippen LogP contribution < -0.4 is 5.73 Å². The predicted molar refractivity (Wildman–Crippen MR) is 129 cm³/mol. The first-order valence-electron chi connectivity index (χ1n) is 13.1. The average Bonchev–Trinajstić information content (AvgIpc) is 3.37. The fourth-order valence-electron chi connectivity index (χ4n) is 5.43. The molecule has 1 amide bonds. The van der Waals surface area contributed by atoms with E-state index < -0.39 is 41.6 Å². The number of amides is 1. The normalized spacial score (nSPS) is 17.0. The molecule has 2 aliphatic rings. The van der Waals surface area contributed by atoms with Crippen LogP contribution in [0.3, 0.4) is 0 Å². The third-order valence-corrected chi connectivity index (χ3v) is 7.22. The first-order chi connectivity index (χ1) is 18.1. The van der Waals surface area contributed by atoms with Gasteiger partial charge in [-0.2, -0.15) is 36.5 Å². The summed E-state index contributed by atoms with van der Waals surface area (Å²) in [5, 5.41) is 7.59. The van der Waals surface area contributed by atoms with Crippen LogP contribution in [0.25, 0.3) is 0 Å². The van der Waals surface area contributed by atoms with Crippen molar-refractivity contribution < 1.29 is 35.9 Å². The van der Waals surface area contributed by atoms with Gasteiger partial charge in [0.15, 0.2) is 17.6 Å². The number of carbonyl (C=O) groups is 1. The number of fused-ring (bicyclic) bond motifs is 2. The molecule has 0 bridgehead atoms. The number of halogens is 6. The summed E-state index contributed by atoms with van der Waals surface area (Å²) in [4.78, 5) is 14.5. The third kappa shape index (κ3) is 6.36. The molecule has 0 fully saturated rings. The van der Waals surface area contributed by atoms with Gasteiger partial charge in [0.1, 0.15) is 0 Å². The fourth-order valence-corrected chi connectivity index (χ4v) is 5.43. The molecule has 39 heavy (non-hydrogen) atoms. The lowest BCUT2D eigenvalue weighted by atomic mass is 9.95. The quantitative estimate of drug-likeness (QED) is 0.390. The number of alkyl halides is 6. The average molecular weight is 565 g/mol. The zero-order valence-electron chi connectivity index (χ0n) is 22.3. The summed E-state index contributed by atoms with van der Waals surface area (Å²) in [5.41, 5.74) is 4.76. The Morgan fingerprint density at radius 3 is 1.82 bits per heavy atom. The highest BCUT2D eigenvalue weighted by molar-refractivity contribution is 5.68. The second-order valence-corrected chi connectivity index (χ2v) is 11.1. The van der Waals surface area contributed by atoms with Crippen LogP contribution in [0.5, 0.6) is 0 Å². The van der Waals surface area contributed by atoms with E-state index >= 15 is 0 Å². The maximum atomic E-state index is 13.6. The van der Waals surface area contributed by atoms with Crippen LogP contribution >= 0.6 is 0 Å². The molecule has 0 saturated carbocycles. The van der Waals surface area contributed by atoms with Gasteiger partial charge < -0.3 is 9.64 Å². The number of aromatic nitrogens is 4. The summed E-state index contributed by atoms with van der Waals surface area (Å²) in [6, 6.07) is 0. The zero-order valence-corrected chi connectivity index (χ0v) is 22.3. The Balaban J connectivity index is 1.48. The molecule has 0 aromatic carbocycles. The van der Waals surface area contributed by atoms with Crippen molar-refractivity contribution in [2.75, 3.05) is 6.54 Å². The molecule has 1 unspecified atom stereocenters. The molecular formula is C25H34F6N6O2. The van der Waals surface area contributed by atoms with Crippen molar-refractivity contribution in [2.24, 2.45) is 5.73 Å². The van der Waals surface area contributed by atoms with E-state index in [4.69, 9.17) is 10.5 Å². The van der Waals surface area contributed by atoms with E-state index in [1.807, 2.05) is 0 Å². The molecule has 0 radical (unpaired) electrons. The number of rotatable bonds is 6. The number of carbonyl (C=O) groups excluding carboxylic acids is 1. The number of hydrogen-bond acceptors (Lipinski definition) is 5. The van der Waals surface area contributed by atoms with Gasteiger partial charge in [-0.3, -0.25) is 15.1 Å². The molecule has 0 spiro atoms. The molecule has 8 nitrogen and oxygen atoms in total. The van der Waals surface area contributed by atoms with Crippen molar-refractivity contribution in [3.05, 3.63) is 33.9 Å². The number of hydrogen-bond donors (Lipinski definition) is 1. The van der Waals surface area contributed by atoms with E-state index in [2.05, 4.69) is 10.2 Å². The van der Waals surface area contributed by atoms with Crippen molar-refractivity contribution >= 4 is 6.09 Å². The highest BCUT2D eigenvalue weighted by Gasteiger charge is 2.41. The molecule has 2 aromatic heterocycles. The second kappa shape index (κ2) is 10.7. The van der Waals surface area contributed by atoms with Gasteiger partial charge in [-0.15, -0.1) is 0 Å². The van der Waals surface area contributed by atoms with E-state index in [1.54, 1.807) is 20.8 Å². The van der Waals surface area contributed by atoms with Gasteiger partial charge in [0.05, 0.1) is 13.1 Å². The largest absolute Gasteiger partial charge is 0.435 e. The van der Waals surface area contributed by atoms with Crippen LogP contribution in [0.15, 0.2) is 0 Å². The molecule has 4 rings (SSSR count). The Kier molecular flexibility index (Phi) is 7.99. The number of nitrogens with two attached hydrogens (primary N) is 1. The summed E-state index contributed by atoms with van der Waals surface area (Å²) in [7, 11) is 0. The Morgan fingerprint density at radius 1 is 0.872 bits per heavy atom. The minimum atomic E-state index is -4.60. The maximum Gasteiger partial charge on any atom is 0.435 e. The third-order valence-electron chi connectivity index (χ3n) is 7.22. The van der Waals surface area contributed by atoms with Gasteiger partial charge in [0, 0.05) is 34.6 Å². The van der Waals surface area contributed by atoms with Gasteiger partial charge in [-0.25, -0.2) is 4.79 Å². The molecule has 2 aliphatic carbocycles. The van der Waals surface area contributed by atoms with Crippen molar-refractivity contribution in [3.63, 3.8) is 0 Å². The lowest BCUT2D eigenvalue weighted by Gasteiger charge is -2.35. The van der Waals surface area contributed by atoms with E-state index in [0.29, 0.717) is 43.5 Å². The predicted octanol–water partition coefficient (Wildman–Crippen LogP) is 5.10. The fraction of sp³-hybridized carbons (Fsp3) is 0.720. The van der Waals surface area contributed by atoms with E-state index in [0.717, 1.165) is 12.8 Å². The van der Waals surface area contributed by atoms with Crippen LogP contribution in [-0.4, -0.2) is 48.9 Å². The molecule has 218 valence electrons. The van der Waals surface area contributed by atoms with E-state index in [-0.39, 0.29) is 37.2 Å². The summed E-state index contributed by atoms with van der Waals surface area (Å²) in [5.74, 6) is 0. The summed E-state index contributed by atoms with van der Waals surface area (Å²) in [6.07, 6.45) is -7.07.